The molecule has 3 aromatic carbocycles. The molecule has 0 atom stereocenters. The van der Waals surface area contributed by atoms with Crippen molar-refractivity contribution in [3.63, 3.8) is 0 Å². The minimum Gasteiger partial charge on any atom is -0.489 e. The van der Waals surface area contributed by atoms with Crippen molar-refractivity contribution in [2.45, 2.75) is 33.4 Å². The summed E-state index contributed by atoms with van der Waals surface area (Å²) in [5.74, 6) is 1.46. The molecule has 0 saturated heterocycles. The highest BCUT2D eigenvalue weighted by Crippen LogP contribution is 2.24. The average Bonchev–Trinajstić information content (AvgIpc) is 2.83. The van der Waals surface area contributed by atoms with Crippen LogP contribution in [0.25, 0.3) is 0 Å². The Balaban J connectivity index is 1.71. The Bertz CT molecular complexity index is 877. The van der Waals surface area contributed by atoms with E-state index in [0.717, 1.165) is 28.2 Å². The fraction of sp³-hybridized carbons (Fsp3) is 0.296. The Morgan fingerprint density at radius 2 is 1.22 bits per heavy atom. The van der Waals surface area contributed by atoms with Gasteiger partial charge in [-0.3, -0.25) is 4.99 Å². The molecular weight excluding hydrogens is 402 g/mol. The van der Waals surface area contributed by atoms with Gasteiger partial charge in [0.2, 0.25) is 0 Å². The Morgan fingerprint density at radius 1 is 0.719 bits per heavy atom. The average molecular weight is 434 g/mol. The first-order valence-electron chi connectivity index (χ1n) is 11.0. The maximum absolute atomic E-state index is 6.04. The van der Waals surface area contributed by atoms with Crippen molar-refractivity contribution in [2.24, 2.45) is 4.99 Å². The summed E-state index contributed by atoms with van der Waals surface area (Å²) in [4.78, 5) is 4.51. The van der Waals surface area contributed by atoms with Crippen LogP contribution in [0, 0.1) is 0 Å². The lowest BCUT2D eigenvalue weighted by Crippen LogP contribution is -2.20. The molecule has 0 bridgehead atoms. The molecule has 0 spiro atoms. The fourth-order valence-electron chi connectivity index (χ4n) is 3.09. The van der Waals surface area contributed by atoms with Crippen LogP contribution in [0.15, 0.2) is 83.9 Å². The molecule has 5 nitrogen and oxygen atoms in total. The summed E-state index contributed by atoms with van der Waals surface area (Å²) in [6.07, 6.45) is 1.46. The number of benzene rings is 3. The van der Waals surface area contributed by atoms with Crippen LogP contribution in [0.2, 0.25) is 0 Å². The number of ether oxygens (including phenoxy) is 4. The third-order valence-corrected chi connectivity index (χ3v) is 4.60. The van der Waals surface area contributed by atoms with Crippen molar-refractivity contribution in [2.75, 3.05) is 19.8 Å². The van der Waals surface area contributed by atoms with E-state index in [1.54, 1.807) is 6.21 Å². The largest absolute Gasteiger partial charge is 0.489 e. The van der Waals surface area contributed by atoms with E-state index in [1.165, 1.54) is 0 Å². The highest BCUT2D eigenvalue weighted by atomic mass is 16.7. The van der Waals surface area contributed by atoms with Gasteiger partial charge in [0.1, 0.15) is 24.7 Å². The molecule has 0 aliphatic heterocycles. The summed E-state index contributed by atoms with van der Waals surface area (Å²) < 4.78 is 23.2. The van der Waals surface area contributed by atoms with Crippen LogP contribution in [0.4, 0.5) is 0 Å². The quantitative estimate of drug-likeness (QED) is 0.258. The number of rotatable bonds is 13. The summed E-state index contributed by atoms with van der Waals surface area (Å²) in [6, 6.07) is 26.0. The van der Waals surface area contributed by atoms with Gasteiger partial charge in [-0.25, -0.2) is 0 Å². The van der Waals surface area contributed by atoms with Gasteiger partial charge in [0.05, 0.1) is 6.54 Å². The highest BCUT2D eigenvalue weighted by molar-refractivity contribution is 5.81. The van der Waals surface area contributed by atoms with Gasteiger partial charge in [0.15, 0.2) is 6.29 Å². The number of hydrogen-bond donors (Lipinski definition) is 0. The zero-order valence-electron chi connectivity index (χ0n) is 18.8. The van der Waals surface area contributed by atoms with Crippen molar-refractivity contribution >= 4 is 6.21 Å². The van der Waals surface area contributed by atoms with E-state index < -0.39 is 0 Å². The predicted molar refractivity (Wildman–Crippen MR) is 127 cm³/mol. The molecular formula is C27H31NO4. The Kier molecular flexibility index (Phi) is 9.77. The van der Waals surface area contributed by atoms with Crippen LogP contribution in [0.3, 0.4) is 0 Å². The van der Waals surface area contributed by atoms with E-state index in [-0.39, 0.29) is 6.29 Å². The molecule has 0 aliphatic carbocycles. The monoisotopic (exact) mass is 433 g/mol. The highest BCUT2D eigenvalue weighted by Gasteiger charge is 2.07. The summed E-state index contributed by atoms with van der Waals surface area (Å²) in [7, 11) is 0. The zero-order chi connectivity index (χ0) is 22.4. The van der Waals surface area contributed by atoms with E-state index in [4.69, 9.17) is 18.9 Å². The maximum atomic E-state index is 6.04. The van der Waals surface area contributed by atoms with Gasteiger partial charge in [-0.15, -0.1) is 0 Å². The molecule has 0 heterocycles. The molecule has 0 N–H and O–H groups in total. The molecule has 5 heteroatoms. The molecule has 3 rings (SSSR count). The second kappa shape index (κ2) is 13.3. The molecule has 3 aromatic rings. The molecule has 0 radical (unpaired) electrons. The molecule has 0 fully saturated rings. The second-order valence-corrected chi connectivity index (χ2v) is 7.12. The zero-order valence-corrected chi connectivity index (χ0v) is 18.8. The Hall–Kier alpha value is -3.15. The first-order chi connectivity index (χ1) is 15.8. The Labute approximate surface area is 190 Å². The summed E-state index contributed by atoms with van der Waals surface area (Å²) in [5.41, 5.74) is 3.11. The third kappa shape index (κ3) is 8.17. The van der Waals surface area contributed by atoms with Gasteiger partial charge in [-0.2, -0.15) is 0 Å². The summed E-state index contributed by atoms with van der Waals surface area (Å²) >= 11 is 0. The van der Waals surface area contributed by atoms with E-state index in [1.807, 2.05) is 92.7 Å². The topological polar surface area (TPSA) is 49.3 Å². The van der Waals surface area contributed by atoms with Crippen LogP contribution in [-0.4, -0.2) is 32.3 Å². The minimum atomic E-state index is -0.340. The van der Waals surface area contributed by atoms with Gasteiger partial charge in [-0.1, -0.05) is 60.7 Å². The predicted octanol–water partition coefficient (Wildman–Crippen LogP) is 5.66. The maximum Gasteiger partial charge on any atom is 0.176 e. The third-order valence-electron chi connectivity index (χ3n) is 4.60. The SMILES string of the molecule is CCOC(CN=Cc1cc(OCc2ccccc2)cc(OCc2ccccc2)c1)OCC. The van der Waals surface area contributed by atoms with E-state index in [9.17, 15) is 0 Å². The van der Waals surface area contributed by atoms with Crippen LogP contribution in [-0.2, 0) is 22.7 Å². The van der Waals surface area contributed by atoms with Crippen LogP contribution in [0.5, 0.6) is 11.5 Å². The van der Waals surface area contributed by atoms with Crippen LogP contribution >= 0.6 is 0 Å². The minimum absolute atomic E-state index is 0.340. The lowest BCUT2D eigenvalue weighted by molar-refractivity contribution is -0.128. The molecule has 0 aromatic heterocycles. The van der Waals surface area contributed by atoms with Gasteiger partial charge >= 0.3 is 0 Å². The van der Waals surface area contributed by atoms with Gasteiger partial charge in [0.25, 0.3) is 0 Å². The number of hydrogen-bond acceptors (Lipinski definition) is 5. The summed E-state index contributed by atoms with van der Waals surface area (Å²) in [5, 5.41) is 0. The van der Waals surface area contributed by atoms with Crippen molar-refractivity contribution in [3.8, 4) is 11.5 Å². The molecule has 0 amide bonds. The first-order valence-corrected chi connectivity index (χ1v) is 11.0. The van der Waals surface area contributed by atoms with E-state index in [2.05, 4.69) is 4.99 Å². The lowest BCUT2D eigenvalue weighted by atomic mass is 10.2. The van der Waals surface area contributed by atoms with Crippen LogP contribution < -0.4 is 9.47 Å². The van der Waals surface area contributed by atoms with E-state index in [0.29, 0.717) is 33.0 Å². The van der Waals surface area contributed by atoms with E-state index >= 15 is 0 Å². The smallest absolute Gasteiger partial charge is 0.176 e. The Morgan fingerprint density at radius 3 is 1.69 bits per heavy atom. The molecule has 32 heavy (non-hydrogen) atoms. The van der Waals surface area contributed by atoms with Crippen molar-refractivity contribution in [1.82, 2.24) is 0 Å². The fourth-order valence-corrected chi connectivity index (χ4v) is 3.09. The number of nitrogens with zero attached hydrogens (tertiary/aromatic N) is 1. The normalized spacial score (nSPS) is 11.2. The van der Waals surface area contributed by atoms with Crippen LogP contribution in [0.1, 0.15) is 30.5 Å². The molecule has 0 unspecified atom stereocenters. The second-order valence-electron chi connectivity index (χ2n) is 7.12. The lowest BCUT2D eigenvalue weighted by Gasteiger charge is -2.14. The summed E-state index contributed by atoms with van der Waals surface area (Å²) in [6.45, 7) is 6.45. The molecule has 0 aliphatic rings. The van der Waals surface area contributed by atoms with Crippen molar-refractivity contribution < 1.29 is 18.9 Å². The molecule has 0 saturated carbocycles. The number of aliphatic imine (C=N–C) groups is 1. The molecule has 168 valence electrons. The van der Waals surface area contributed by atoms with Crippen molar-refractivity contribution in [1.29, 1.82) is 0 Å². The standard InChI is InChI=1S/C27H31NO4/c1-3-29-27(30-4-2)19-28-18-24-15-25(31-20-22-11-7-5-8-12-22)17-26(16-24)32-21-23-13-9-6-10-14-23/h5-18,27H,3-4,19-21H2,1-2H3. The van der Waals surface area contributed by atoms with Gasteiger partial charge in [-0.05, 0) is 42.7 Å². The van der Waals surface area contributed by atoms with Gasteiger partial charge < -0.3 is 18.9 Å². The van der Waals surface area contributed by atoms with Crippen molar-refractivity contribution in [3.05, 3.63) is 95.6 Å². The first kappa shape index (κ1) is 23.5. The van der Waals surface area contributed by atoms with Gasteiger partial charge in [0, 0.05) is 25.5 Å².